The second kappa shape index (κ2) is 2.62. The lowest BCUT2D eigenvalue weighted by Gasteiger charge is -2.17. The molecular formula is C6H13FN2. The first-order valence-electron chi connectivity index (χ1n) is 3.32. The summed E-state index contributed by atoms with van der Waals surface area (Å²) in [6.07, 6.45) is 0.0355. The summed E-state index contributed by atoms with van der Waals surface area (Å²) >= 11 is 0. The maximum atomic E-state index is 12.5. The number of hydrogen-bond donors (Lipinski definition) is 1. The van der Waals surface area contributed by atoms with Gasteiger partial charge < -0.3 is 0 Å². The Morgan fingerprint density at radius 1 is 1.67 bits per heavy atom. The number of rotatable bonds is 1. The zero-order chi connectivity index (χ0) is 6.85. The van der Waals surface area contributed by atoms with Gasteiger partial charge in [0.1, 0.15) is 6.17 Å². The molecule has 0 saturated carbocycles. The third-order valence-electron chi connectivity index (χ3n) is 1.81. The number of halogens is 1. The van der Waals surface area contributed by atoms with Gasteiger partial charge in [-0.1, -0.05) is 0 Å². The van der Waals surface area contributed by atoms with Crippen molar-refractivity contribution >= 4 is 0 Å². The third kappa shape index (κ3) is 1.40. The second-order valence-corrected chi connectivity index (χ2v) is 2.56. The Hall–Kier alpha value is -0.150. The summed E-state index contributed by atoms with van der Waals surface area (Å²) < 4.78 is 12.5. The van der Waals surface area contributed by atoms with Gasteiger partial charge in [0.25, 0.3) is 0 Å². The summed E-state index contributed by atoms with van der Waals surface area (Å²) in [7, 11) is 1.83. The summed E-state index contributed by atoms with van der Waals surface area (Å²) in [5.74, 6) is 0. The molecule has 2 unspecified atom stereocenters. The van der Waals surface area contributed by atoms with E-state index < -0.39 is 6.17 Å². The van der Waals surface area contributed by atoms with Crippen LogP contribution in [0, 0.1) is 0 Å². The number of alkyl halides is 1. The van der Waals surface area contributed by atoms with Gasteiger partial charge in [-0.3, -0.25) is 5.43 Å². The minimum Gasteiger partial charge on any atom is -0.258 e. The molecule has 0 bridgehead atoms. The van der Waals surface area contributed by atoms with Crippen LogP contribution >= 0.6 is 0 Å². The van der Waals surface area contributed by atoms with E-state index in [1.807, 2.05) is 19.0 Å². The first-order valence-corrected chi connectivity index (χ1v) is 3.32. The number of hydrogen-bond acceptors (Lipinski definition) is 2. The van der Waals surface area contributed by atoms with Crippen molar-refractivity contribution in [3.05, 3.63) is 0 Å². The highest BCUT2D eigenvalue weighted by Crippen LogP contribution is 2.16. The largest absolute Gasteiger partial charge is 0.258 e. The van der Waals surface area contributed by atoms with E-state index in [1.54, 1.807) is 0 Å². The molecule has 0 amide bonds. The van der Waals surface area contributed by atoms with E-state index in [9.17, 15) is 4.39 Å². The lowest BCUT2D eigenvalue weighted by atomic mass is 10.2. The Kier molecular flexibility index (Phi) is 2.03. The molecule has 1 rings (SSSR count). The van der Waals surface area contributed by atoms with Crippen LogP contribution < -0.4 is 5.43 Å². The highest BCUT2D eigenvalue weighted by atomic mass is 19.1. The SMILES string of the molecule is CNN1CC(F)CC1C. The van der Waals surface area contributed by atoms with Crippen LogP contribution in [0.15, 0.2) is 0 Å². The van der Waals surface area contributed by atoms with E-state index in [1.165, 1.54) is 0 Å². The molecule has 1 aliphatic rings. The predicted molar refractivity (Wildman–Crippen MR) is 34.7 cm³/mol. The molecule has 1 N–H and O–H groups in total. The molecule has 54 valence electrons. The Labute approximate surface area is 55.0 Å². The van der Waals surface area contributed by atoms with Crippen molar-refractivity contribution in [2.24, 2.45) is 0 Å². The van der Waals surface area contributed by atoms with Crippen LogP contribution in [0.1, 0.15) is 13.3 Å². The van der Waals surface area contributed by atoms with Gasteiger partial charge in [0, 0.05) is 12.6 Å². The van der Waals surface area contributed by atoms with Gasteiger partial charge in [0.05, 0.1) is 0 Å². The van der Waals surface area contributed by atoms with Gasteiger partial charge in [0.2, 0.25) is 0 Å². The van der Waals surface area contributed by atoms with Crippen LogP contribution in [-0.2, 0) is 0 Å². The Morgan fingerprint density at radius 2 is 2.33 bits per heavy atom. The summed E-state index contributed by atoms with van der Waals surface area (Å²) in [4.78, 5) is 0. The second-order valence-electron chi connectivity index (χ2n) is 2.56. The van der Waals surface area contributed by atoms with E-state index >= 15 is 0 Å². The lowest BCUT2D eigenvalue weighted by Crippen LogP contribution is -2.37. The molecule has 0 aromatic heterocycles. The molecule has 0 aromatic carbocycles. The van der Waals surface area contributed by atoms with E-state index in [0.717, 1.165) is 0 Å². The standard InChI is InChI=1S/C6H13FN2/c1-5-3-6(7)4-9(5)8-2/h5-6,8H,3-4H2,1-2H3. The highest BCUT2D eigenvalue weighted by Gasteiger charge is 2.27. The van der Waals surface area contributed by atoms with Gasteiger partial charge in [-0.2, -0.15) is 0 Å². The summed E-state index contributed by atoms with van der Waals surface area (Å²) in [6, 6.07) is 0.352. The molecule has 1 saturated heterocycles. The average Bonchev–Trinajstić information content (AvgIpc) is 2.10. The Bertz CT molecular complexity index is 97.1. The van der Waals surface area contributed by atoms with E-state index in [2.05, 4.69) is 5.43 Å². The molecule has 1 heterocycles. The molecule has 1 aliphatic heterocycles. The molecule has 0 aromatic rings. The van der Waals surface area contributed by atoms with E-state index in [0.29, 0.717) is 19.0 Å². The Balaban J connectivity index is 2.38. The number of nitrogens with one attached hydrogen (secondary N) is 1. The van der Waals surface area contributed by atoms with Gasteiger partial charge >= 0.3 is 0 Å². The van der Waals surface area contributed by atoms with Crippen molar-refractivity contribution in [3.8, 4) is 0 Å². The topological polar surface area (TPSA) is 15.3 Å². The van der Waals surface area contributed by atoms with E-state index in [4.69, 9.17) is 0 Å². The molecule has 9 heavy (non-hydrogen) atoms. The summed E-state index contributed by atoms with van der Waals surface area (Å²) in [5, 5.41) is 1.92. The monoisotopic (exact) mass is 132 g/mol. The summed E-state index contributed by atoms with van der Waals surface area (Å²) in [6.45, 7) is 2.56. The van der Waals surface area contributed by atoms with Crippen LogP contribution in [0.5, 0.6) is 0 Å². The van der Waals surface area contributed by atoms with Crippen LogP contribution in [-0.4, -0.2) is 30.8 Å². The number of hydrazine groups is 1. The maximum Gasteiger partial charge on any atom is 0.116 e. The molecular weight excluding hydrogens is 119 g/mol. The third-order valence-corrected chi connectivity index (χ3v) is 1.81. The Morgan fingerprint density at radius 3 is 2.56 bits per heavy atom. The quantitative estimate of drug-likeness (QED) is 0.560. The van der Waals surface area contributed by atoms with Crippen molar-refractivity contribution in [1.29, 1.82) is 0 Å². The van der Waals surface area contributed by atoms with Gasteiger partial charge in [-0.25, -0.2) is 9.40 Å². The van der Waals surface area contributed by atoms with Crippen molar-refractivity contribution in [3.63, 3.8) is 0 Å². The molecule has 0 radical (unpaired) electrons. The van der Waals surface area contributed by atoms with Crippen LogP contribution in [0.3, 0.4) is 0 Å². The maximum absolute atomic E-state index is 12.5. The molecule has 3 heteroatoms. The summed E-state index contributed by atoms with van der Waals surface area (Å²) in [5.41, 5.74) is 2.94. The first kappa shape index (κ1) is 6.96. The highest BCUT2D eigenvalue weighted by molar-refractivity contribution is 4.78. The fraction of sp³-hybridized carbons (Fsp3) is 1.00. The van der Waals surface area contributed by atoms with Crippen molar-refractivity contribution in [2.75, 3.05) is 13.6 Å². The zero-order valence-electron chi connectivity index (χ0n) is 5.89. The fourth-order valence-corrected chi connectivity index (χ4v) is 1.28. The van der Waals surface area contributed by atoms with Gasteiger partial charge in [-0.05, 0) is 20.4 Å². The lowest BCUT2D eigenvalue weighted by molar-refractivity contribution is 0.191. The van der Waals surface area contributed by atoms with Crippen molar-refractivity contribution in [2.45, 2.75) is 25.6 Å². The fourth-order valence-electron chi connectivity index (χ4n) is 1.28. The average molecular weight is 132 g/mol. The minimum atomic E-state index is -0.632. The predicted octanol–water partition coefficient (Wildman–Crippen LogP) is 0.553. The smallest absolute Gasteiger partial charge is 0.116 e. The molecule has 0 spiro atoms. The minimum absolute atomic E-state index is 0.352. The molecule has 2 nitrogen and oxygen atoms in total. The van der Waals surface area contributed by atoms with Crippen molar-refractivity contribution in [1.82, 2.24) is 10.4 Å². The van der Waals surface area contributed by atoms with E-state index in [-0.39, 0.29) is 0 Å². The normalized spacial score (nSPS) is 37.7. The number of nitrogens with zero attached hydrogens (tertiary/aromatic N) is 1. The molecule has 1 fully saturated rings. The zero-order valence-corrected chi connectivity index (χ0v) is 5.89. The van der Waals surface area contributed by atoms with Crippen LogP contribution in [0.2, 0.25) is 0 Å². The van der Waals surface area contributed by atoms with Gasteiger partial charge in [0.15, 0.2) is 0 Å². The first-order chi connectivity index (χ1) is 4.24. The molecule has 0 aliphatic carbocycles. The van der Waals surface area contributed by atoms with Crippen LogP contribution in [0.25, 0.3) is 0 Å². The van der Waals surface area contributed by atoms with Crippen molar-refractivity contribution < 1.29 is 4.39 Å². The van der Waals surface area contributed by atoms with Crippen LogP contribution in [0.4, 0.5) is 4.39 Å². The van der Waals surface area contributed by atoms with Gasteiger partial charge in [-0.15, -0.1) is 0 Å². The molecule has 2 atom stereocenters.